The SMILES string of the molecule is CC(C)(C)c1cc([N+]2=C=[N+](c3cccc(Oc4ccc5c6cc(C#N)ccc6n(-c6cc(C(C)(C)C)ccn6)c5c4)c3)c3cccc(C(C)(C)c4ccccc4)c32)cc(C(C)(C)C)c1. The first-order chi connectivity index (χ1) is 30.3. The topological polar surface area (TPSA) is 56.9 Å². The summed E-state index contributed by atoms with van der Waals surface area (Å²) >= 11 is 0. The molecule has 0 unspecified atom stereocenters. The fourth-order valence-electron chi connectivity index (χ4n) is 8.87. The molecule has 8 aromatic rings. The zero-order valence-electron chi connectivity index (χ0n) is 39.0. The number of aromatic nitrogens is 2. The van der Waals surface area contributed by atoms with Gasteiger partial charge in [-0.2, -0.15) is 5.26 Å². The number of fused-ring (bicyclic) bond motifs is 4. The molecule has 0 saturated carbocycles. The Morgan fingerprint density at radius 3 is 1.92 bits per heavy atom. The quantitative estimate of drug-likeness (QED) is 0.150. The molecule has 3 heterocycles. The molecule has 0 spiro atoms. The molecule has 0 N–H and O–H groups in total. The van der Waals surface area contributed by atoms with Crippen LogP contribution in [0.25, 0.3) is 27.6 Å². The van der Waals surface area contributed by atoms with Gasteiger partial charge in [-0.05, 0) is 96.2 Å². The molecule has 6 heteroatoms. The lowest BCUT2D eigenvalue weighted by Crippen LogP contribution is -2.22. The molecule has 64 heavy (non-hydrogen) atoms. The van der Waals surface area contributed by atoms with Crippen molar-refractivity contribution < 1.29 is 4.74 Å². The second-order valence-corrected chi connectivity index (χ2v) is 20.8. The largest absolute Gasteiger partial charge is 0.503 e. The van der Waals surface area contributed by atoms with E-state index in [1.807, 2.05) is 42.6 Å². The van der Waals surface area contributed by atoms with E-state index in [1.165, 1.54) is 27.8 Å². The smallest absolute Gasteiger partial charge is 0.457 e. The van der Waals surface area contributed by atoms with Crippen molar-refractivity contribution in [3.63, 3.8) is 0 Å². The van der Waals surface area contributed by atoms with E-state index in [0.717, 1.165) is 50.4 Å². The Kier molecular flexibility index (Phi) is 10.1. The standard InChI is InChI=1S/C58H57N5O/c1-55(2,3)40-27-28-60-53(33-40)63-50-26-23-38(36-59)29-48(50)47-25-24-46(35-52(47)63)64-45-20-15-19-43(34-45)61-37-62(44-31-41(56(4,5)6)30-42(32-44)57(7,8)9)54-49(21-16-22-51(54)61)58(10,11)39-17-13-12-14-18-39/h12-35H,1-11H3/q+2. The number of nitriles is 1. The lowest BCUT2D eigenvalue weighted by atomic mass is 9.77. The second kappa shape index (κ2) is 15.3. The van der Waals surface area contributed by atoms with E-state index in [1.54, 1.807) is 0 Å². The molecule has 9 rings (SSSR count). The second-order valence-electron chi connectivity index (χ2n) is 20.8. The van der Waals surface area contributed by atoms with Crippen LogP contribution in [0.1, 0.15) is 110 Å². The first-order valence-electron chi connectivity index (χ1n) is 22.3. The number of hydrogen-bond acceptors (Lipinski definition) is 3. The molecule has 0 bridgehead atoms. The predicted molar refractivity (Wildman–Crippen MR) is 265 cm³/mol. The minimum atomic E-state index is -0.317. The van der Waals surface area contributed by atoms with E-state index in [4.69, 9.17) is 9.72 Å². The van der Waals surface area contributed by atoms with Crippen LogP contribution in [0.5, 0.6) is 11.5 Å². The lowest BCUT2D eigenvalue weighted by Gasteiger charge is -2.26. The zero-order valence-corrected chi connectivity index (χ0v) is 39.0. The van der Waals surface area contributed by atoms with Crippen molar-refractivity contribution in [3.8, 4) is 23.4 Å². The van der Waals surface area contributed by atoms with Gasteiger partial charge in [0.1, 0.15) is 17.3 Å². The van der Waals surface area contributed by atoms with Gasteiger partial charge in [-0.1, -0.05) is 131 Å². The number of para-hydroxylation sites is 1. The highest BCUT2D eigenvalue weighted by molar-refractivity contribution is 6.10. The number of ether oxygens (including phenoxy) is 1. The van der Waals surface area contributed by atoms with Gasteiger partial charge < -0.3 is 4.74 Å². The summed E-state index contributed by atoms with van der Waals surface area (Å²) < 4.78 is 13.4. The van der Waals surface area contributed by atoms with Crippen LogP contribution in [0.3, 0.4) is 0 Å². The molecule has 2 aromatic heterocycles. The summed E-state index contributed by atoms with van der Waals surface area (Å²) in [5.41, 5.74) is 12.4. The summed E-state index contributed by atoms with van der Waals surface area (Å²) in [5, 5.41) is 11.8. The van der Waals surface area contributed by atoms with Gasteiger partial charge in [0.2, 0.25) is 11.4 Å². The Labute approximate surface area is 378 Å². The van der Waals surface area contributed by atoms with Gasteiger partial charge in [0, 0.05) is 58.3 Å². The summed E-state index contributed by atoms with van der Waals surface area (Å²) in [6.07, 6.45) is 1.88. The average molecular weight is 840 g/mol. The van der Waals surface area contributed by atoms with Crippen LogP contribution in [0.4, 0.5) is 22.7 Å². The number of nitrogens with zero attached hydrogens (tertiary/aromatic N) is 5. The van der Waals surface area contributed by atoms with Gasteiger partial charge in [-0.25, -0.2) is 4.98 Å². The maximum atomic E-state index is 9.83. The van der Waals surface area contributed by atoms with Crippen LogP contribution in [0.2, 0.25) is 0 Å². The van der Waals surface area contributed by atoms with Crippen molar-refractivity contribution in [2.75, 3.05) is 0 Å². The van der Waals surface area contributed by atoms with Crippen LogP contribution in [-0.4, -0.2) is 15.6 Å². The molecular weight excluding hydrogens is 783 g/mol. The Bertz CT molecular complexity index is 3230. The summed E-state index contributed by atoms with van der Waals surface area (Å²) in [4.78, 5) is 4.87. The molecule has 0 fully saturated rings. The van der Waals surface area contributed by atoms with Gasteiger partial charge in [0.05, 0.1) is 28.7 Å². The van der Waals surface area contributed by atoms with Crippen molar-refractivity contribution >= 4 is 50.6 Å². The molecule has 1 aliphatic heterocycles. The molecule has 0 atom stereocenters. The Morgan fingerprint density at radius 2 is 1.23 bits per heavy atom. The first-order valence-corrected chi connectivity index (χ1v) is 22.3. The highest BCUT2D eigenvalue weighted by atomic mass is 16.5. The maximum Gasteiger partial charge on any atom is 0.503 e. The molecule has 0 saturated heterocycles. The summed E-state index contributed by atoms with van der Waals surface area (Å²) in [5.74, 6) is 2.21. The molecule has 0 aliphatic carbocycles. The number of hydrogen-bond donors (Lipinski definition) is 0. The third-order valence-electron chi connectivity index (χ3n) is 12.8. The van der Waals surface area contributed by atoms with Crippen LogP contribution >= 0.6 is 0 Å². The normalized spacial score (nSPS) is 13.2. The maximum absolute atomic E-state index is 9.83. The number of rotatable bonds is 7. The molecule has 0 radical (unpaired) electrons. The summed E-state index contributed by atoms with van der Waals surface area (Å²) in [6.45, 7) is 25.0. The van der Waals surface area contributed by atoms with Gasteiger partial charge in [-0.3, -0.25) is 4.57 Å². The lowest BCUT2D eigenvalue weighted by molar-refractivity contribution is 0.483. The average Bonchev–Trinajstić information content (AvgIpc) is 3.81. The molecular formula is C58H57N5O+2. The minimum absolute atomic E-state index is 0.0586. The predicted octanol–water partition coefficient (Wildman–Crippen LogP) is 14.9. The zero-order chi connectivity index (χ0) is 45.3. The van der Waals surface area contributed by atoms with Crippen molar-refractivity contribution in [1.29, 1.82) is 5.26 Å². The van der Waals surface area contributed by atoms with Crippen molar-refractivity contribution in [2.24, 2.45) is 0 Å². The van der Waals surface area contributed by atoms with Crippen LogP contribution in [0.15, 0.2) is 146 Å². The van der Waals surface area contributed by atoms with E-state index in [-0.39, 0.29) is 21.7 Å². The third kappa shape index (κ3) is 7.61. The fourth-order valence-corrected chi connectivity index (χ4v) is 8.87. The fraction of sp³-hybridized carbons (Fsp3) is 0.259. The van der Waals surface area contributed by atoms with Crippen LogP contribution in [-0.2, 0) is 21.7 Å². The Hall–Kier alpha value is -7.06. The molecule has 1 aliphatic rings. The monoisotopic (exact) mass is 839 g/mol. The van der Waals surface area contributed by atoms with E-state index < -0.39 is 0 Å². The third-order valence-corrected chi connectivity index (χ3v) is 12.8. The number of pyridine rings is 1. The molecule has 6 nitrogen and oxygen atoms in total. The summed E-state index contributed by atoms with van der Waals surface area (Å²) in [6, 6.07) is 55.2. The molecule has 0 amide bonds. The van der Waals surface area contributed by atoms with Crippen molar-refractivity contribution in [3.05, 3.63) is 179 Å². The van der Waals surface area contributed by atoms with Crippen molar-refractivity contribution in [2.45, 2.75) is 97.8 Å². The van der Waals surface area contributed by atoms with Crippen LogP contribution < -0.4 is 13.9 Å². The Morgan fingerprint density at radius 1 is 0.547 bits per heavy atom. The van der Waals surface area contributed by atoms with Gasteiger partial charge in [0.25, 0.3) is 5.69 Å². The number of benzene rings is 6. The van der Waals surface area contributed by atoms with Gasteiger partial charge >= 0.3 is 11.7 Å². The van der Waals surface area contributed by atoms with Crippen LogP contribution in [0, 0.1) is 11.3 Å². The van der Waals surface area contributed by atoms with Gasteiger partial charge in [-0.15, -0.1) is 0 Å². The van der Waals surface area contributed by atoms with Crippen molar-refractivity contribution in [1.82, 2.24) is 18.7 Å². The van der Waals surface area contributed by atoms with E-state index in [0.29, 0.717) is 17.1 Å². The molecule has 318 valence electrons. The first kappa shape index (κ1) is 42.3. The minimum Gasteiger partial charge on any atom is -0.457 e. The van der Waals surface area contributed by atoms with Gasteiger partial charge in [0.15, 0.2) is 0 Å². The van der Waals surface area contributed by atoms with E-state index in [9.17, 15) is 5.26 Å². The van der Waals surface area contributed by atoms with E-state index >= 15 is 0 Å². The van der Waals surface area contributed by atoms with E-state index in [2.05, 4.69) is 205 Å². The Balaban J connectivity index is 1.20. The summed E-state index contributed by atoms with van der Waals surface area (Å²) in [7, 11) is 0. The highest BCUT2D eigenvalue weighted by Gasteiger charge is 2.44. The highest BCUT2D eigenvalue weighted by Crippen LogP contribution is 2.47. The molecule has 6 aromatic carbocycles.